The highest BCUT2D eigenvalue weighted by Gasteiger charge is 2.11. The number of rotatable bonds is 4. The molecule has 0 fully saturated rings. The Bertz CT molecular complexity index is 1320. The normalized spacial score (nSPS) is 10.2. The van der Waals surface area contributed by atoms with Crippen LogP contribution in [0.5, 0.6) is 11.6 Å². The summed E-state index contributed by atoms with van der Waals surface area (Å²) < 4.78 is 6.08. The van der Waals surface area contributed by atoms with Crippen molar-refractivity contribution in [2.24, 2.45) is 0 Å². The third kappa shape index (κ3) is 6.52. The van der Waals surface area contributed by atoms with Gasteiger partial charge in [0.2, 0.25) is 5.88 Å². The van der Waals surface area contributed by atoms with Crippen LogP contribution in [0.25, 0.3) is 0 Å². The second-order valence-electron chi connectivity index (χ2n) is 8.00. The van der Waals surface area contributed by atoms with Crippen LogP contribution in [0.1, 0.15) is 36.1 Å². The predicted molar refractivity (Wildman–Crippen MR) is 130 cm³/mol. The van der Waals surface area contributed by atoms with Gasteiger partial charge in [-0.1, -0.05) is 11.8 Å². The predicted octanol–water partition coefficient (Wildman–Crippen LogP) is 4.81. The Labute approximate surface area is 194 Å². The van der Waals surface area contributed by atoms with Crippen LogP contribution in [0, 0.1) is 48.9 Å². The van der Waals surface area contributed by atoms with Gasteiger partial charge in [0.15, 0.2) is 5.82 Å². The molecule has 4 N–H and O–H groups in total. The number of aromatic nitrogens is 1. The van der Waals surface area contributed by atoms with Gasteiger partial charge in [0, 0.05) is 17.3 Å². The molecular weight excluding hydrogens is 412 g/mol. The molecule has 6 nitrogen and oxygen atoms in total. The van der Waals surface area contributed by atoms with Gasteiger partial charge in [0.1, 0.15) is 11.4 Å². The lowest BCUT2D eigenvalue weighted by Crippen LogP contribution is -2.14. The van der Waals surface area contributed by atoms with Crippen molar-refractivity contribution in [3.63, 3.8) is 0 Å². The molecule has 0 aliphatic carbocycles. The van der Waals surface area contributed by atoms with Gasteiger partial charge in [-0.2, -0.15) is 10.2 Å². The number of hydrogen-bond donors (Lipinski definition) is 3. The number of nitrogens with two attached hydrogens (primary N) is 1. The lowest BCUT2D eigenvalue weighted by molar-refractivity contribution is 0.143. The summed E-state index contributed by atoms with van der Waals surface area (Å²) in [5.41, 5.74) is 9.40. The Hall–Kier alpha value is -4.44. The maximum absolute atomic E-state index is 9.63. The first-order valence-electron chi connectivity index (χ1n) is 10.2. The molecule has 33 heavy (non-hydrogen) atoms. The standard InChI is InChI=1S/C27H24N4O2/c1-18-15-21(7-5-6-14-27(3,4)32)16-19(2)25(18)33-24-13-12-23(29)26(31-24)30-22-10-8-20(17-28)9-11-22/h8-13,15-16,32H,29H2,1-4H3,(H,30,31). The number of ether oxygens (including phenoxy) is 1. The van der Waals surface area contributed by atoms with E-state index in [1.54, 1.807) is 50.2 Å². The van der Waals surface area contributed by atoms with E-state index in [1.165, 1.54) is 0 Å². The van der Waals surface area contributed by atoms with Gasteiger partial charge in [0.05, 0.1) is 17.3 Å². The molecule has 0 spiro atoms. The zero-order chi connectivity index (χ0) is 24.0. The van der Waals surface area contributed by atoms with Crippen molar-refractivity contribution in [1.29, 1.82) is 5.26 Å². The van der Waals surface area contributed by atoms with Crippen molar-refractivity contribution in [1.82, 2.24) is 4.98 Å². The number of pyridine rings is 1. The number of nitrogen functional groups attached to an aromatic ring is 1. The van der Waals surface area contributed by atoms with E-state index in [9.17, 15) is 5.11 Å². The number of nitrogens with zero attached hydrogens (tertiary/aromatic N) is 2. The van der Waals surface area contributed by atoms with Crippen molar-refractivity contribution >= 4 is 17.2 Å². The zero-order valence-corrected chi connectivity index (χ0v) is 18.9. The summed E-state index contributed by atoms with van der Waals surface area (Å²) in [5.74, 6) is 12.6. The molecule has 0 atom stereocenters. The molecule has 0 saturated heterocycles. The van der Waals surface area contributed by atoms with E-state index in [2.05, 4.69) is 40.1 Å². The molecule has 6 heteroatoms. The Balaban J connectivity index is 1.81. The van der Waals surface area contributed by atoms with E-state index in [1.807, 2.05) is 26.0 Å². The highest BCUT2D eigenvalue weighted by atomic mass is 16.5. The molecule has 2 aromatic carbocycles. The van der Waals surface area contributed by atoms with E-state index < -0.39 is 5.60 Å². The molecule has 3 rings (SSSR count). The SMILES string of the molecule is Cc1cc(C#CC#CC(C)(C)O)cc(C)c1Oc1ccc(N)c(Nc2ccc(C#N)cc2)n1. The number of aryl methyl sites for hydroxylation is 2. The van der Waals surface area contributed by atoms with Gasteiger partial charge >= 0.3 is 0 Å². The summed E-state index contributed by atoms with van der Waals surface area (Å²) in [6.07, 6.45) is 0. The molecule has 0 saturated carbocycles. The molecular formula is C27H24N4O2. The molecule has 164 valence electrons. The quantitative estimate of drug-likeness (QED) is 0.507. The smallest absolute Gasteiger partial charge is 0.221 e. The topological polar surface area (TPSA) is 104 Å². The second kappa shape index (κ2) is 9.79. The molecule has 1 heterocycles. The number of anilines is 3. The van der Waals surface area contributed by atoms with Gasteiger partial charge in [-0.25, -0.2) is 0 Å². The van der Waals surface area contributed by atoms with E-state index in [0.29, 0.717) is 28.7 Å². The summed E-state index contributed by atoms with van der Waals surface area (Å²) in [4.78, 5) is 4.50. The summed E-state index contributed by atoms with van der Waals surface area (Å²) in [7, 11) is 0. The van der Waals surface area contributed by atoms with E-state index in [4.69, 9.17) is 15.7 Å². The fourth-order valence-electron chi connectivity index (χ4n) is 2.95. The van der Waals surface area contributed by atoms with Gasteiger partial charge in [-0.15, -0.1) is 0 Å². The molecule has 1 aromatic heterocycles. The summed E-state index contributed by atoms with van der Waals surface area (Å²) in [6, 6.07) is 16.3. The summed E-state index contributed by atoms with van der Waals surface area (Å²) in [6.45, 7) is 7.09. The second-order valence-corrected chi connectivity index (χ2v) is 8.00. The minimum absolute atomic E-state index is 0.390. The van der Waals surface area contributed by atoms with Gasteiger partial charge in [0.25, 0.3) is 0 Å². The number of benzene rings is 2. The van der Waals surface area contributed by atoms with E-state index in [0.717, 1.165) is 22.4 Å². The van der Waals surface area contributed by atoms with Crippen LogP contribution in [0.4, 0.5) is 17.2 Å². The number of aliphatic hydroxyl groups is 1. The highest BCUT2D eigenvalue weighted by molar-refractivity contribution is 5.69. The van der Waals surface area contributed by atoms with Crippen LogP contribution in [0.2, 0.25) is 0 Å². The average Bonchev–Trinajstić information content (AvgIpc) is 2.76. The minimum atomic E-state index is -1.07. The Morgan fingerprint density at radius 2 is 1.67 bits per heavy atom. The lowest BCUT2D eigenvalue weighted by Gasteiger charge is -2.14. The van der Waals surface area contributed by atoms with Crippen molar-refractivity contribution < 1.29 is 9.84 Å². The third-order valence-electron chi connectivity index (χ3n) is 4.48. The first kappa shape index (κ1) is 23.2. The maximum atomic E-state index is 9.63. The van der Waals surface area contributed by atoms with Gasteiger partial charge in [-0.3, -0.25) is 0 Å². The number of hydrogen-bond acceptors (Lipinski definition) is 6. The molecule has 0 radical (unpaired) electrons. The van der Waals surface area contributed by atoms with Crippen molar-refractivity contribution in [2.45, 2.75) is 33.3 Å². The van der Waals surface area contributed by atoms with Gasteiger partial charge < -0.3 is 20.9 Å². The molecule has 0 aliphatic rings. The molecule has 0 aliphatic heterocycles. The monoisotopic (exact) mass is 436 g/mol. The van der Waals surface area contributed by atoms with E-state index >= 15 is 0 Å². The molecule has 0 amide bonds. The summed E-state index contributed by atoms with van der Waals surface area (Å²) in [5, 5.41) is 21.7. The van der Waals surface area contributed by atoms with Crippen LogP contribution >= 0.6 is 0 Å². The largest absolute Gasteiger partial charge is 0.438 e. The van der Waals surface area contributed by atoms with Gasteiger partial charge in [-0.05, 0) is 93.1 Å². The fourth-order valence-corrected chi connectivity index (χ4v) is 2.95. The van der Waals surface area contributed by atoms with Crippen molar-refractivity contribution in [2.75, 3.05) is 11.1 Å². The zero-order valence-electron chi connectivity index (χ0n) is 18.9. The third-order valence-corrected chi connectivity index (χ3v) is 4.48. The Morgan fingerprint density at radius 1 is 1.00 bits per heavy atom. The lowest BCUT2D eigenvalue weighted by atomic mass is 10.1. The van der Waals surface area contributed by atoms with Crippen LogP contribution in [-0.4, -0.2) is 15.7 Å². The van der Waals surface area contributed by atoms with Crippen LogP contribution in [0.15, 0.2) is 48.5 Å². The number of nitrogens with one attached hydrogen (secondary N) is 1. The Morgan fingerprint density at radius 3 is 2.27 bits per heavy atom. The Kier molecular flexibility index (Phi) is 6.89. The van der Waals surface area contributed by atoms with Crippen molar-refractivity contribution in [3.8, 4) is 41.4 Å². The van der Waals surface area contributed by atoms with Crippen LogP contribution < -0.4 is 15.8 Å². The van der Waals surface area contributed by atoms with Crippen LogP contribution in [0.3, 0.4) is 0 Å². The van der Waals surface area contributed by atoms with Crippen molar-refractivity contribution in [3.05, 3.63) is 70.8 Å². The first-order valence-corrected chi connectivity index (χ1v) is 10.2. The average molecular weight is 437 g/mol. The molecule has 0 unspecified atom stereocenters. The maximum Gasteiger partial charge on any atom is 0.221 e. The number of nitriles is 1. The highest BCUT2D eigenvalue weighted by Crippen LogP contribution is 2.31. The summed E-state index contributed by atoms with van der Waals surface area (Å²) >= 11 is 0. The first-order chi connectivity index (χ1) is 15.6. The molecule has 0 bridgehead atoms. The minimum Gasteiger partial charge on any atom is -0.438 e. The van der Waals surface area contributed by atoms with Crippen LogP contribution in [-0.2, 0) is 0 Å². The fraction of sp³-hybridized carbons (Fsp3) is 0.185. The molecule has 3 aromatic rings. The van der Waals surface area contributed by atoms with E-state index in [-0.39, 0.29) is 0 Å².